The summed E-state index contributed by atoms with van der Waals surface area (Å²) in [4.78, 5) is 0. The van der Waals surface area contributed by atoms with E-state index in [-0.39, 0.29) is 0 Å². The largest absolute Gasteiger partial charge is 0.0811 e. The monoisotopic (exact) mass is 192 g/mol. The summed E-state index contributed by atoms with van der Waals surface area (Å²) >= 11 is 0. The predicted molar refractivity (Wildman–Crippen MR) is 64.2 cm³/mol. The number of hydrogen-bond acceptors (Lipinski definition) is 0. The molecule has 0 aromatic rings. The van der Waals surface area contributed by atoms with Crippen molar-refractivity contribution in [3.8, 4) is 0 Å². The van der Waals surface area contributed by atoms with E-state index in [1.54, 1.807) is 0 Å². The summed E-state index contributed by atoms with van der Waals surface area (Å²) in [5, 5.41) is 0. The second-order valence-corrected chi connectivity index (χ2v) is 5.01. The Bertz CT molecular complexity index is 224. The molecule has 0 aromatic carbocycles. The molecule has 0 spiro atoms. The minimum absolute atomic E-state index is 0.414. The maximum atomic E-state index is 2.39. The van der Waals surface area contributed by atoms with E-state index >= 15 is 0 Å². The van der Waals surface area contributed by atoms with Gasteiger partial charge in [0.15, 0.2) is 0 Å². The Morgan fingerprint density at radius 1 is 1.36 bits per heavy atom. The van der Waals surface area contributed by atoms with Crippen molar-refractivity contribution in [3.63, 3.8) is 0 Å². The van der Waals surface area contributed by atoms with Crippen LogP contribution < -0.4 is 0 Å². The van der Waals surface area contributed by atoms with E-state index in [1.165, 1.54) is 19.3 Å². The predicted octanol–water partition coefficient (Wildman–Crippen LogP) is 4.58. The normalized spacial score (nSPS) is 34.1. The first-order valence-electron chi connectivity index (χ1n) is 5.97. The Morgan fingerprint density at radius 2 is 2.07 bits per heavy atom. The molecule has 1 rings (SSSR count). The van der Waals surface area contributed by atoms with Gasteiger partial charge >= 0.3 is 0 Å². The lowest BCUT2D eigenvalue weighted by atomic mass is 9.75. The molecule has 0 radical (unpaired) electrons. The van der Waals surface area contributed by atoms with E-state index in [2.05, 4.69) is 52.0 Å². The highest BCUT2D eigenvalue weighted by molar-refractivity contribution is 5.14. The standard InChI is InChI=1S/C14H24/c1-5-12(3)13-9-7-8-10-14(4,6-2)11-13/h7-10,12-13H,5-6,11H2,1-4H3. The molecule has 14 heavy (non-hydrogen) atoms. The van der Waals surface area contributed by atoms with Crippen molar-refractivity contribution in [1.82, 2.24) is 0 Å². The minimum Gasteiger partial charge on any atom is -0.0811 e. The van der Waals surface area contributed by atoms with Gasteiger partial charge in [0.05, 0.1) is 0 Å². The molecule has 3 unspecified atom stereocenters. The Balaban J connectivity index is 2.73. The maximum Gasteiger partial charge on any atom is -0.0140 e. The molecule has 1 aliphatic rings. The second kappa shape index (κ2) is 4.82. The molecule has 3 atom stereocenters. The van der Waals surface area contributed by atoms with Gasteiger partial charge in [0.25, 0.3) is 0 Å². The first-order chi connectivity index (χ1) is 6.61. The van der Waals surface area contributed by atoms with Crippen LogP contribution in [0.2, 0.25) is 0 Å². The zero-order valence-electron chi connectivity index (χ0n) is 10.1. The first kappa shape index (κ1) is 11.6. The fraction of sp³-hybridized carbons (Fsp3) is 0.714. The molecular formula is C14H24. The van der Waals surface area contributed by atoms with Gasteiger partial charge in [0, 0.05) is 0 Å². The number of rotatable bonds is 3. The van der Waals surface area contributed by atoms with Gasteiger partial charge in [-0.25, -0.2) is 0 Å². The zero-order chi connectivity index (χ0) is 10.6. The Labute approximate surface area is 89.1 Å². The molecule has 0 bridgehead atoms. The van der Waals surface area contributed by atoms with Crippen LogP contribution in [0, 0.1) is 17.3 Å². The van der Waals surface area contributed by atoms with Gasteiger partial charge in [-0.1, -0.05) is 58.4 Å². The lowest BCUT2D eigenvalue weighted by Gasteiger charge is -2.30. The SMILES string of the molecule is CCC(C)C1C=CC=CC(C)(CC)C1. The van der Waals surface area contributed by atoms with E-state index < -0.39 is 0 Å². The molecule has 0 aliphatic heterocycles. The zero-order valence-corrected chi connectivity index (χ0v) is 10.1. The summed E-state index contributed by atoms with van der Waals surface area (Å²) in [6.45, 7) is 9.34. The summed E-state index contributed by atoms with van der Waals surface area (Å²) in [5.74, 6) is 1.58. The Kier molecular flexibility index (Phi) is 3.97. The molecule has 0 nitrogen and oxygen atoms in total. The molecule has 0 amide bonds. The van der Waals surface area contributed by atoms with E-state index in [9.17, 15) is 0 Å². The first-order valence-corrected chi connectivity index (χ1v) is 5.97. The molecule has 0 saturated heterocycles. The van der Waals surface area contributed by atoms with E-state index in [0.717, 1.165) is 11.8 Å². The van der Waals surface area contributed by atoms with Crippen LogP contribution in [0.4, 0.5) is 0 Å². The third kappa shape index (κ3) is 2.73. The van der Waals surface area contributed by atoms with Gasteiger partial charge in [0.1, 0.15) is 0 Å². The van der Waals surface area contributed by atoms with Gasteiger partial charge in [-0.15, -0.1) is 0 Å². The highest BCUT2D eigenvalue weighted by Gasteiger charge is 2.26. The van der Waals surface area contributed by atoms with Crippen molar-refractivity contribution in [1.29, 1.82) is 0 Å². The fourth-order valence-electron chi connectivity index (χ4n) is 2.13. The quantitative estimate of drug-likeness (QED) is 0.614. The van der Waals surface area contributed by atoms with Crippen molar-refractivity contribution < 1.29 is 0 Å². The van der Waals surface area contributed by atoms with Crippen molar-refractivity contribution in [2.45, 2.75) is 47.0 Å². The van der Waals surface area contributed by atoms with E-state index in [4.69, 9.17) is 0 Å². The number of hydrogen-bond donors (Lipinski definition) is 0. The van der Waals surface area contributed by atoms with Crippen LogP contribution in [0.5, 0.6) is 0 Å². The van der Waals surface area contributed by atoms with E-state index in [0.29, 0.717) is 5.41 Å². The summed E-state index contributed by atoms with van der Waals surface area (Å²) in [6.07, 6.45) is 13.1. The molecule has 0 heteroatoms. The summed E-state index contributed by atoms with van der Waals surface area (Å²) < 4.78 is 0. The minimum atomic E-state index is 0.414. The number of allylic oxidation sites excluding steroid dienone is 4. The van der Waals surface area contributed by atoms with Crippen molar-refractivity contribution in [2.24, 2.45) is 17.3 Å². The van der Waals surface area contributed by atoms with Gasteiger partial charge < -0.3 is 0 Å². The van der Waals surface area contributed by atoms with Gasteiger partial charge in [0.2, 0.25) is 0 Å². The Hall–Kier alpha value is -0.520. The lowest BCUT2D eigenvalue weighted by molar-refractivity contribution is 0.273. The average molecular weight is 192 g/mol. The molecule has 0 aromatic heterocycles. The van der Waals surface area contributed by atoms with Crippen LogP contribution in [-0.2, 0) is 0 Å². The van der Waals surface area contributed by atoms with Crippen LogP contribution in [0.1, 0.15) is 47.0 Å². The van der Waals surface area contributed by atoms with Crippen LogP contribution in [0.3, 0.4) is 0 Å². The summed E-state index contributed by atoms with van der Waals surface area (Å²) in [7, 11) is 0. The molecule has 0 saturated carbocycles. The van der Waals surface area contributed by atoms with Crippen LogP contribution in [0.25, 0.3) is 0 Å². The Morgan fingerprint density at radius 3 is 2.64 bits per heavy atom. The van der Waals surface area contributed by atoms with Crippen LogP contribution in [-0.4, -0.2) is 0 Å². The molecule has 0 N–H and O–H groups in total. The molecule has 0 heterocycles. The lowest BCUT2D eigenvalue weighted by Crippen LogP contribution is -2.19. The van der Waals surface area contributed by atoms with Gasteiger partial charge in [-0.2, -0.15) is 0 Å². The topological polar surface area (TPSA) is 0 Å². The highest BCUT2D eigenvalue weighted by atomic mass is 14.3. The van der Waals surface area contributed by atoms with Crippen molar-refractivity contribution >= 4 is 0 Å². The van der Waals surface area contributed by atoms with Gasteiger partial charge in [-0.05, 0) is 30.1 Å². The third-order valence-electron chi connectivity index (χ3n) is 3.85. The fourth-order valence-corrected chi connectivity index (χ4v) is 2.13. The molecule has 0 fully saturated rings. The maximum absolute atomic E-state index is 2.39. The van der Waals surface area contributed by atoms with Crippen LogP contribution >= 0.6 is 0 Å². The summed E-state index contributed by atoms with van der Waals surface area (Å²) in [6, 6.07) is 0. The second-order valence-electron chi connectivity index (χ2n) is 5.01. The van der Waals surface area contributed by atoms with Crippen molar-refractivity contribution in [3.05, 3.63) is 24.3 Å². The molecule has 1 aliphatic carbocycles. The van der Waals surface area contributed by atoms with Gasteiger partial charge in [-0.3, -0.25) is 0 Å². The van der Waals surface area contributed by atoms with Crippen molar-refractivity contribution in [2.75, 3.05) is 0 Å². The van der Waals surface area contributed by atoms with E-state index in [1.807, 2.05) is 0 Å². The molecular weight excluding hydrogens is 168 g/mol. The third-order valence-corrected chi connectivity index (χ3v) is 3.85. The summed E-state index contributed by atoms with van der Waals surface area (Å²) in [5.41, 5.74) is 0.414. The average Bonchev–Trinajstić information content (AvgIpc) is 2.40. The molecule has 80 valence electrons. The van der Waals surface area contributed by atoms with Crippen LogP contribution in [0.15, 0.2) is 24.3 Å². The smallest absolute Gasteiger partial charge is 0.0140 e. The highest BCUT2D eigenvalue weighted by Crippen LogP contribution is 2.37.